The average molecular weight is 251 g/mol. The highest BCUT2D eigenvalue weighted by molar-refractivity contribution is 6.35. The molecule has 0 aliphatic rings. The lowest BCUT2D eigenvalue weighted by Gasteiger charge is -2.01. The summed E-state index contributed by atoms with van der Waals surface area (Å²) in [5.41, 5.74) is 2.54. The first-order valence-electron chi connectivity index (χ1n) is 6.17. The number of hydrogen-bond donors (Lipinski definition) is 1. The Kier molecular flexibility index (Phi) is 4.08. The van der Waals surface area contributed by atoms with Crippen LogP contribution in [-0.2, 0) is 13.5 Å². The molecule has 3 heteroatoms. The second kappa shape index (κ2) is 5.56. The van der Waals surface area contributed by atoms with Crippen molar-refractivity contribution in [3.05, 3.63) is 35.0 Å². The van der Waals surface area contributed by atoms with Crippen molar-refractivity contribution < 1.29 is 0 Å². The highest BCUT2D eigenvalue weighted by Gasteiger charge is 2.08. The van der Waals surface area contributed by atoms with Crippen molar-refractivity contribution in [2.75, 3.05) is 13.1 Å². The van der Waals surface area contributed by atoms with E-state index in [1.54, 1.807) is 0 Å². The van der Waals surface area contributed by atoms with E-state index < -0.39 is 0 Å². The van der Waals surface area contributed by atoms with Crippen molar-refractivity contribution in [2.45, 2.75) is 19.8 Å². The minimum atomic E-state index is 0.836. The number of aryl methyl sites for hydroxylation is 2. The first kappa shape index (κ1) is 12.5. The van der Waals surface area contributed by atoms with Gasteiger partial charge >= 0.3 is 0 Å². The Morgan fingerprint density at radius 2 is 2.18 bits per heavy atom. The summed E-state index contributed by atoms with van der Waals surface area (Å²) in [5, 5.41) is 5.48. The minimum absolute atomic E-state index is 0.836. The number of benzene rings is 1. The maximum absolute atomic E-state index is 6.23. The fourth-order valence-corrected chi connectivity index (χ4v) is 2.59. The first-order chi connectivity index (χ1) is 8.24. The Morgan fingerprint density at radius 3 is 2.94 bits per heavy atom. The molecule has 2 aromatic rings. The molecule has 0 atom stereocenters. The van der Waals surface area contributed by atoms with Crippen molar-refractivity contribution in [2.24, 2.45) is 7.05 Å². The van der Waals surface area contributed by atoms with Gasteiger partial charge in [0.15, 0.2) is 0 Å². The standard InChI is InChI=1S/C14H19ClN2/c1-3-16-9-5-6-11-10-17(2)14-12(11)7-4-8-13(14)15/h4,7-8,10,16H,3,5-6,9H2,1-2H3. The summed E-state index contributed by atoms with van der Waals surface area (Å²) in [7, 11) is 2.06. The largest absolute Gasteiger partial charge is 0.349 e. The maximum atomic E-state index is 6.23. The van der Waals surface area contributed by atoms with Crippen LogP contribution in [0, 0.1) is 0 Å². The third kappa shape index (κ3) is 2.64. The van der Waals surface area contributed by atoms with Gasteiger partial charge in [0.25, 0.3) is 0 Å². The lowest BCUT2D eigenvalue weighted by molar-refractivity contribution is 0.673. The Balaban J connectivity index is 2.21. The summed E-state index contributed by atoms with van der Waals surface area (Å²) in [6.45, 7) is 4.26. The molecule has 1 aromatic heterocycles. The molecular formula is C14H19ClN2. The number of halogens is 1. The topological polar surface area (TPSA) is 17.0 Å². The third-order valence-electron chi connectivity index (χ3n) is 3.08. The molecule has 0 spiro atoms. The van der Waals surface area contributed by atoms with Gasteiger partial charge in [-0.05, 0) is 37.6 Å². The zero-order chi connectivity index (χ0) is 12.3. The van der Waals surface area contributed by atoms with E-state index in [1.807, 2.05) is 12.1 Å². The molecule has 17 heavy (non-hydrogen) atoms. The Bertz CT molecular complexity index is 502. The van der Waals surface area contributed by atoms with Crippen LogP contribution in [0.5, 0.6) is 0 Å². The molecule has 0 aliphatic heterocycles. The molecular weight excluding hydrogens is 232 g/mol. The Labute approximate surface area is 108 Å². The smallest absolute Gasteiger partial charge is 0.0669 e. The SMILES string of the molecule is CCNCCCc1cn(C)c2c(Cl)cccc12. The molecule has 2 rings (SSSR count). The van der Waals surface area contributed by atoms with Gasteiger partial charge in [-0.1, -0.05) is 30.7 Å². The Morgan fingerprint density at radius 1 is 1.35 bits per heavy atom. The molecule has 0 unspecified atom stereocenters. The number of nitrogens with one attached hydrogen (secondary N) is 1. The van der Waals surface area contributed by atoms with Gasteiger partial charge in [0.1, 0.15) is 0 Å². The van der Waals surface area contributed by atoms with Crippen LogP contribution >= 0.6 is 11.6 Å². The van der Waals surface area contributed by atoms with Gasteiger partial charge in [0.2, 0.25) is 0 Å². The summed E-state index contributed by atoms with van der Waals surface area (Å²) in [5.74, 6) is 0. The van der Waals surface area contributed by atoms with Crippen molar-refractivity contribution in [3.63, 3.8) is 0 Å². The number of rotatable bonds is 5. The summed E-state index contributed by atoms with van der Waals surface area (Å²) in [4.78, 5) is 0. The summed E-state index contributed by atoms with van der Waals surface area (Å²) in [6, 6.07) is 6.13. The molecule has 1 aromatic carbocycles. The number of fused-ring (bicyclic) bond motifs is 1. The predicted octanol–water partition coefficient (Wildman–Crippen LogP) is 3.37. The Hall–Kier alpha value is -0.990. The molecule has 0 saturated heterocycles. The van der Waals surface area contributed by atoms with Crippen LogP contribution in [0.3, 0.4) is 0 Å². The van der Waals surface area contributed by atoms with E-state index in [4.69, 9.17) is 11.6 Å². The van der Waals surface area contributed by atoms with Gasteiger partial charge in [0.05, 0.1) is 10.5 Å². The molecule has 1 heterocycles. The van der Waals surface area contributed by atoms with E-state index in [1.165, 1.54) is 17.4 Å². The van der Waals surface area contributed by atoms with E-state index in [0.29, 0.717) is 0 Å². The van der Waals surface area contributed by atoms with E-state index in [2.05, 4.69) is 36.1 Å². The van der Waals surface area contributed by atoms with Crippen LogP contribution < -0.4 is 5.32 Å². The number of nitrogens with zero attached hydrogens (tertiary/aromatic N) is 1. The van der Waals surface area contributed by atoms with Crippen molar-refractivity contribution in [1.82, 2.24) is 9.88 Å². The zero-order valence-electron chi connectivity index (χ0n) is 10.5. The van der Waals surface area contributed by atoms with Crippen molar-refractivity contribution in [1.29, 1.82) is 0 Å². The maximum Gasteiger partial charge on any atom is 0.0669 e. The van der Waals surface area contributed by atoms with Gasteiger partial charge in [0, 0.05) is 18.6 Å². The molecule has 0 fully saturated rings. The predicted molar refractivity (Wildman–Crippen MR) is 74.8 cm³/mol. The fourth-order valence-electron chi connectivity index (χ4n) is 2.28. The average Bonchev–Trinajstić information content (AvgIpc) is 2.63. The van der Waals surface area contributed by atoms with Crippen LogP contribution in [0.4, 0.5) is 0 Å². The lowest BCUT2D eigenvalue weighted by Crippen LogP contribution is -2.14. The van der Waals surface area contributed by atoms with E-state index in [0.717, 1.165) is 30.0 Å². The highest BCUT2D eigenvalue weighted by Crippen LogP contribution is 2.27. The third-order valence-corrected chi connectivity index (χ3v) is 3.39. The normalized spacial score (nSPS) is 11.2. The first-order valence-corrected chi connectivity index (χ1v) is 6.55. The van der Waals surface area contributed by atoms with Gasteiger partial charge < -0.3 is 9.88 Å². The second-order valence-corrected chi connectivity index (χ2v) is 4.77. The highest BCUT2D eigenvalue weighted by atomic mass is 35.5. The molecule has 0 saturated carbocycles. The molecule has 2 nitrogen and oxygen atoms in total. The van der Waals surface area contributed by atoms with Crippen LogP contribution in [-0.4, -0.2) is 17.7 Å². The van der Waals surface area contributed by atoms with Gasteiger partial charge in [-0.25, -0.2) is 0 Å². The van der Waals surface area contributed by atoms with Crippen LogP contribution in [0.25, 0.3) is 10.9 Å². The van der Waals surface area contributed by atoms with E-state index in [9.17, 15) is 0 Å². The molecule has 0 radical (unpaired) electrons. The molecule has 1 N–H and O–H groups in total. The van der Waals surface area contributed by atoms with E-state index >= 15 is 0 Å². The van der Waals surface area contributed by atoms with Gasteiger partial charge in [-0.15, -0.1) is 0 Å². The van der Waals surface area contributed by atoms with Gasteiger partial charge in [-0.2, -0.15) is 0 Å². The number of para-hydroxylation sites is 1. The monoisotopic (exact) mass is 250 g/mol. The summed E-state index contributed by atoms with van der Waals surface area (Å²) >= 11 is 6.23. The fraction of sp³-hybridized carbons (Fsp3) is 0.429. The number of aromatic nitrogens is 1. The molecule has 0 aliphatic carbocycles. The lowest BCUT2D eigenvalue weighted by atomic mass is 10.1. The zero-order valence-corrected chi connectivity index (χ0v) is 11.2. The van der Waals surface area contributed by atoms with Crippen molar-refractivity contribution >= 4 is 22.5 Å². The summed E-state index contributed by atoms with van der Waals surface area (Å²) in [6.07, 6.45) is 4.46. The molecule has 0 amide bonds. The summed E-state index contributed by atoms with van der Waals surface area (Å²) < 4.78 is 2.13. The molecule has 0 bridgehead atoms. The number of hydrogen-bond acceptors (Lipinski definition) is 1. The van der Waals surface area contributed by atoms with Crippen molar-refractivity contribution in [3.8, 4) is 0 Å². The van der Waals surface area contributed by atoms with Gasteiger partial charge in [-0.3, -0.25) is 0 Å². The van der Waals surface area contributed by atoms with E-state index in [-0.39, 0.29) is 0 Å². The quantitative estimate of drug-likeness (QED) is 0.805. The van der Waals surface area contributed by atoms with Crippen LogP contribution in [0.15, 0.2) is 24.4 Å². The van der Waals surface area contributed by atoms with Crippen LogP contribution in [0.2, 0.25) is 5.02 Å². The minimum Gasteiger partial charge on any atom is -0.349 e. The van der Waals surface area contributed by atoms with Crippen LogP contribution in [0.1, 0.15) is 18.9 Å². The molecule has 92 valence electrons. The second-order valence-electron chi connectivity index (χ2n) is 4.36.